The molecule has 0 saturated carbocycles. The van der Waals surface area contributed by atoms with Gasteiger partial charge in [-0.05, 0) is 42.9 Å². The van der Waals surface area contributed by atoms with Gasteiger partial charge in [-0.2, -0.15) is 0 Å². The Morgan fingerprint density at radius 3 is 2.55 bits per heavy atom. The summed E-state index contributed by atoms with van der Waals surface area (Å²) in [6.07, 6.45) is 0.948. The number of benzene rings is 1. The summed E-state index contributed by atoms with van der Waals surface area (Å²) in [5, 5.41) is 5.91. The monoisotopic (exact) mass is 296 g/mol. The quantitative estimate of drug-likeness (QED) is 0.593. The van der Waals surface area contributed by atoms with Crippen LogP contribution in [-0.2, 0) is 4.74 Å². The molecule has 0 aliphatic heterocycles. The van der Waals surface area contributed by atoms with Gasteiger partial charge in [0.1, 0.15) is 12.4 Å². The van der Waals surface area contributed by atoms with Crippen molar-refractivity contribution < 1.29 is 14.3 Å². The molecule has 20 heavy (non-hydrogen) atoms. The normalized spacial score (nSPS) is 9.90. The number of thiocarbonyl (C=S) groups is 1. The van der Waals surface area contributed by atoms with Gasteiger partial charge in [0, 0.05) is 19.2 Å². The van der Waals surface area contributed by atoms with Crippen LogP contribution < -0.4 is 15.4 Å². The number of amides is 1. The highest BCUT2D eigenvalue weighted by Crippen LogP contribution is 2.12. The second-order valence-corrected chi connectivity index (χ2v) is 4.48. The maximum atomic E-state index is 11.9. The van der Waals surface area contributed by atoms with E-state index in [0.29, 0.717) is 29.6 Å². The van der Waals surface area contributed by atoms with E-state index >= 15 is 0 Å². The van der Waals surface area contributed by atoms with E-state index in [2.05, 4.69) is 10.6 Å². The van der Waals surface area contributed by atoms with Crippen LogP contribution in [0.5, 0.6) is 5.75 Å². The molecule has 1 aromatic carbocycles. The third-order valence-corrected chi connectivity index (χ3v) is 2.68. The number of carbonyl (C=O) groups excluding carboxylic acids is 1. The van der Waals surface area contributed by atoms with E-state index in [-0.39, 0.29) is 5.91 Å². The van der Waals surface area contributed by atoms with Crippen molar-refractivity contribution in [1.29, 1.82) is 0 Å². The Balaban J connectivity index is 2.46. The van der Waals surface area contributed by atoms with Crippen LogP contribution in [0.3, 0.4) is 0 Å². The highest BCUT2D eigenvalue weighted by molar-refractivity contribution is 7.80. The van der Waals surface area contributed by atoms with Gasteiger partial charge in [-0.15, -0.1) is 0 Å². The number of ether oxygens (including phenoxy) is 2. The molecule has 0 fully saturated rings. The lowest BCUT2D eigenvalue weighted by Crippen LogP contribution is -2.39. The summed E-state index contributed by atoms with van der Waals surface area (Å²) in [5.41, 5.74) is 0.532. The lowest BCUT2D eigenvalue weighted by molar-refractivity contribution is 0.0976. The largest absolute Gasteiger partial charge is 0.491 e. The summed E-state index contributed by atoms with van der Waals surface area (Å²) >= 11 is 5.01. The van der Waals surface area contributed by atoms with Crippen molar-refractivity contribution in [3.63, 3.8) is 0 Å². The van der Waals surface area contributed by atoms with E-state index in [4.69, 9.17) is 21.7 Å². The van der Waals surface area contributed by atoms with Crippen molar-refractivity contribution in [2.75, 3.05) is 26.9 Å². The minimum atomic E-state index is -0.234. The standard InChI is InChI=1S/C14H20N2O3S/c1-3-8-15-14(20)16-13(17)11-4-6-12(7-5-11)19-10-9-18-2/h4-7H,3,8-10H2,1-2H3,(H2,15,16,17,20). The molecule has 0 aliphatic rings. The van der Waals surface area contributed by atoms with Gasteiger partial charge >= 0.3 is 0 Å². The van der Waals surface area contributed by atoms with Crippen molar-refractivity contribution in [3.05, 3.63) is 29.8 Å². The van der Waals surface area contributed by atoms with Crippen LogP contribution in [0.25, 0.3) is 0 Å². The number of rotatable bonds is 7. The summed E-state index contributed by atoms with van der Waals surface area (Å²) in [6, 6.07) is 6.87. The van der Waals surface area contributed by atoms with Crippen LogP contribution in [-0.4, -0.2) is 37.9 Å². The fourth-order valence-corrected chi connectivity index (χ4v) is 1.60. The average Bonchev–Trinajstić information content (AvgIpc) is 2.46. The van der Waals surface area contributed by atoms with Gasteiger partial charge in [0.05, 0.1) is 6.61 Å². The lowest BCUT2D eigenvalue weighted by Gasteiger charge is -2.09. The average molecular weight is 296 g/mol. The predicted octanol–water partition coefficient (Wildman–Crippen LogP) is 1.73. The summed E-state index contributed by atoms with van der Waals surface area (Å²) in [6.45, 7) is 3.78. The second kappa shape index (κ2) is 9.28. The third-order valence-electron chi connectivity index (χ3n) is 2.44. The molecule has 0 heterocycles. The van der Waals surface area contributed by atoms with Crippen LogP contribution >= 0.6 is 12.2 Å². The van der Waals surface area contributed by atoms with E-state index in [0.717, 1.165) is 13.0 Å². The highest BCUT2D eigenvalue weighted by Gasteiger charge is 2.07. The molecule has 0 unspecified atom stereocenters. The first-order valence-electron chi connectivity index (χ1n) is 6.48. The Hall–Kier alpha value is -1.66. The Morgan fingerprint density at radius 2 is 1.95 bits per heavy atom. The molecular weight excluding hydrogens is 276 g/mol. The van der Waals surface area contributed by atoms with Gasteiger partial charge in [0.2, 0.25) is 0 Å². The molecule has 0 saturated heterocycles. The smallest absolute Gasteiger partial charge is 0.257 e. The van der Waals surface area contributed by atoms with Gasteiger partial charge in [0.15, 0.2) is 5.11 Å². The molecule has 5 nitrogen and oxygen atoms in total. The molecule has 0 spiro atoms. The van der Waals surface area contributed by atoms with E-state index in [1.54, 1.807) is 31.4 Å². The third kappa shape index (κ3) is 5.99. The second-order valence-electron chi connectivity index (χ2n) is 4.08. The Morgan fingerprint density at radius 1 is 1.25 bits per heavy atom. The van der Waals surface area contributed by atoms with Crippen molar-refractivity contribution in [1.82, 2.24) is 10.6 Å². The van der Waals surface area contributed by atoms with Gasteiger partial charge in [-0.25, -0.2) is 0 Å². The van der Waals surface area contributed by atoms with Gasteiger partial charge in [-0.3, -0.25) is 10.1 Å². The number of hydrogen-bond donors (Lipinski definition) is 2. The first-order chi connectivity index (χ1) is 9.67. The number of methoxy groups -OCH3 is 1. The zero-order chi connectivity index (χ0) is 14.8. The Kier molecular flexibility index (Phi) is 7.60. The van der Waals surface area contributed by atoms with Gasteiger partial charge < -0.3 is 14.8 Å². The minimum Gasteiger partial charge on any atom is -0.491 e. The van der Waals surface area contributed by atoms with Crippen molar-refractivity contribution in [2.24, 2.45) is 0 Å². The van der Waals surface area contributed by atoms with Crippen LogP contribution in [0.2, 0.25) is 0 Å². The van der Waals surface area contributed by atoms with Crippen molar-refractivity contribution in [3.8, 4) is 5.75 Å². The SMILES string of the molecule is CCCNC(=S)NC(=O)c1ccc(OCCOC)cc1. The van der Waals surface area contributed by atoms with Gasteiger partial charge in [0.25, 0.3) is 5.91 Å². The molecule has 110 valence electrons. The molecule has 6 heteroatoms. The van der Waals surface area contributed by atoms with Crippen molar-refractivity contribution in [2.45, 2.75) is 13.3 Å². The fraction of sp³-hybridized carbons (Fsp3) is 0.429. The first kappa shape index (κ1) is 16.4. The van der Waals surface area contributed by atoms with Crippen LogP contribution in [0.4, 0.5) is 0 Å². The number of carbonyl (C=O) groups is 1. The van der Waals surface area contributed by atoms with E-state index in [1.807, 2.05) is 6.92 Å². The Bertz CT molecular complexity index is 435. The van der Waals surface area contributed by atoms with E-state index in [1.165, 1.54) is 0 Å². The van der Waals surface area contributed by atoms with E-state index in [9.17, 15) is 4.79 Å². The Labute approximate surface area is 124 Å². The van der Waals surface area contributed by atoms with Crippen LogP contribution in [0.15, 0.2) is 24.3 Å². The molecule has 2 N–H and O–H groups in total. The van der Waals surface area contributed by atoms with Crippen LogP contribution in [0.1, 0.15) is 23.7 Å². The van der Waals surface area contributed by atoms with Crippen LogP contribution in [0, 0.1) is 0 Å². The molecule has 1 aromatic rings. The molecule has 0 aromatic heterocycles. The first-order valence-corrected chi connectivity index (χ1v) is 6.89. The highest BCUT2D eigenvalue weighted by atomic mass is 32.1. The molecule has 1 rings (SSSR count). The summed E-state index contributed by atoms with van der Waals surface area (Å²) in [7, 11) is 1.62. The zero-order valence-electron chi connectivity index (χ0n) is 11.8. The maximum absolute atomic E-state index is 11.9. The van der Waals surface area contributed by atoms with E-state index < -0.39 is 0 Å². The number of hydrogen-bond acceptors (Lipinski definition) is 4. The lowest BCUT2D eigenvalue weighted by atomic mass is 10.2. The number of nitrogens with one attached hydrogen (secondary N) is 2. The summed E-state index contributed by atoms with van der Waals surface area (Å²) < 4.78 is 10.3. The minimum absolute atomic E-state index is 0.234. The molecule has 0 bridgehead atoms. The molecule has 0 aliphatic carbocycles. The fourth-order valence-electron chi connectivity index (χ4n) is 1.40. The molecule has 0 atom stereocenters. The molecule has 0 radical (unpaired) electrons. The summed E-state index contributed by atoms with van der Waals surface area (Å²) in [5.74, 6) is 0.465. The molecular formula is C14H20N2O3S. The van der Waals surface area contributed by atoms with Gasteiger partial charge in [-0.1, -0.05) is 6.92 Å². The summed E-state index contributed by atoms with van der Waals surface area (Å²) in [4.78, 5) is 11.9. The topological polar surface area (TPSA) is 59.6 Å². The zero-order valence-corrected chi connectivity index (χ0v) is 12.6. The maximum Gasteiger partial charge on any atom is 0.257 e. The van der Waals surface area contributed by atoms with Crippen molar-refractivity contribution >= 4 is 23.2 Å². The predicted molar refractivity (Wildman–Crippen MR) is 82.2 cm³/mol. The molecule has 1 amide bonds.